The molecule has 1 aromatic rings. The van der Waals surface area contributed by atoms with E-state index in [1.165, 1.54) is 13.2 Å². The van der Waals surface area contributed by atoms with Crippen LogP contribution in [0.1, 0.15) is 12.0 Å². The quantitative estimate of drug-likeness (QED) is 0.821. The van der Waals surface area contributed by atoms with E-state index in [4.69, 9.17) is 4.74 Å². The normalized spacial score (nSPS) is 25.6. The number of methoxy groups -OCH3 is 1. The van der Waals surface area contributed by atoms with Crippen molar-refractivity contribution in [2.45, 2.75) is 19.0 Å². The summed E-state index contributed by atoms with van der Waals surface area (Å²) >= 11 is 0. The average molecular weight is 342 g/mol. The van der Waals surface area contributed by atoms with E-state index in [0.29, 0.717) is 11.5 Å². The zero-order valence-corrected chi connectivity index (χ0v) is 14.2. The molecule has 0 radical (unpaired) electrons. The first kappa shape index (κ1) is 16.7. The van der Waals surface area contributed by atoms with Crippen molar-refractivity contribution >= 4 is 9.84 Å². The fraction of sp³-hybridized carbons (Fsp3) is 0.625. The standard InChI is InChI=1S/C16H23FN2O3S/c1-22-16-10-13(2-3-15(16)17)11-18-5-7-19(8-6-18)14-4-9-23(20,21)12-14/h2-3,10,14H,4-9,11-12H2,1H3/t14-/m1/s1. The van der Waals surface area contributed by atoms with E-state index in [2.05, 4.69) is 9.80 Å². The number of ether oxygens (including phenoxy) is 1. The van der Waals surface area contributed by atoms with Gasteiger partial charge in [0.05, 0.1) is 18.6 Å². The van der Waals surface area contributed by atoms with Gasteiger partial charge < -0.3 is 4.74 Å². The van der Waals surface area contributed by atoms with E-state index in [1.54, 1.807) is 12.1 Å². The van der Waals surface area contributed by atoms with Gasteiger partial charge >= 0.3 is 0 Å². The highest BCUT2D eigenvalue weighted by Gasteiger charge is 2.33. The van der Waals surface area contributed by atoms with Gasteiger partial charge in [-0.2, -0.15) is 0 Å². The SMILES string of the molecule is COc1cc(CN2CCN([C@@H]3CCS(=O)(=O)C3)CC2)ccc1F. The summed E-state index contributed by atoms with van der Waals surface area (Å²) in [6, 6.07) is 5.15. The van der Waals surface area contributed by atoms with Crippen molar-refractivity contribution in [1.29, 1.82) is 0 Å². The maximum Gasteiger partial charge on any atom is 0.165 e. The number of sulfone groups is 1. The largest absolute Gasteiger partial charge is 0.494 e. The Hall–Kier alpha value is -1.18. The predicted molar refractivity (Wildman–Crippen MR) is 86.9 cm³/mol. The van der Waals surface area contributed by atoms with Crippen molar-refractivity contribution < 1.29 is 17.5 Å². The van der Waals surface area contributed by atoms with E-state index < -0.39 is 9.84 Å². The Morgan fingerprint density at radius 2 is 2.00 bits per heavy atom. The molecule has 0 unspecified atom stereocenters. The monoisotopic (exact) mass is 342 g/mol. The highest BCUT2D eigenvalue weighted by atomic mass is 32.2. The molecule has 0 bridgehead atoms. The van der Waals surface area contributed by atoms with Crippen molar-refractivity contribution in [2.75, 3.05) is 44.8 Å². The zero-order valence-electron chi connectivity index (χ0n) is 13.4. The molecule has 0 aliphatic carbocycles. The summed E-state index contributed by atoms with van der Waals surface area (Å²) in [6.07, 6.45) is 0.761. The average Bonchev–Trinajstić information content (AvgIpc) is 2.90. The second-order valence-corrected chi connectivity index (χ2v) is 8.57. The molecule has 3 rings (SSSR count). The number of nitrogens with zero attached hydrogens (tertiary/aromatic N) is 2. The maximum absolute atomic E-state index is 13.4. The van der Waals surface area contributed by atoms with E-state index in [9.17, 15) is 12.8 Å². The van der Waals surface area contributed by atoms with Crippen molar-refractivity contribution in [3.8, 4) is 5.75 Å². The van der Waals surface area contributed by atoms with E-state index in [-0.39, 0.29) is 17.6 Å². The second kappa shape index (κ2) is 6.75. The Kier molecular flexibility index (Phi) is 4.89. The van der Waals surface area contributed by atoms with Crippen LogP contribution in [0.4, 0.5) is 4.39 Å². The number of piperazine rings is 1. The smallest absolute Gasteiger partial charge is 0.165 e. The van der Waals surface area contributed by atoms with Crippen LogP contribution >= 0.6 is 0 Å². The first-order valence-electron chi connectivity index (χ1n) is 7.96. The Balaban J connectivity index is 1.53. The first-order chi connectivity index (χ1) is 11.0. The fourth-order valence-corrected chi connectivity index (χ4v) is 5.17. The van der Waals surface area contributed by atoms with E-state index in [1.807, 2.05) is 0 Å². The number of benzene rings is 1. The van der Waals surface area contributed by atoms with Crippen LogP contribution in [-0.4, -0.2) is 69.1 Å². The van der Waals surface area contributed by atoms with Crippen LogP contribution in [0.3, 0.4) is 0 Å². The van der Waals surface area contributed by atoms with Crippen LogP contribution < -0.4 is 4.74 Å². The van der Waals surface area contributed by atoms with Gasteiger partial charge in [0.25, 0.3) is 0 Å². The minimum absolute atomic E-state index is 0.188. The summed E-state index contributed by atoms with van der Waals surface area (Å²) in [6.45, 7) is 4.33. The lowest BCUT2D eigenvalue weighted by atomic mass is 10.1. The van der Waals surface area contributed by atoms with Gasteiger partial charge in [0.1, 0.15) is 0 Å². The zero-order chi connectivity index (χ0) is 16.4. The van der Waals surface area contributed by atoms with Crippen LogP contribution in [0.2, 0.25) is 0 Å². The molecular formula is C16H23FN2O3S. The molecule has 0 spiro atoms. The molecule has 0 N–H and O–H groups in total. The van der Waals surface area contributed by atoms with Gasteiger partial charge in [0.2, 0.25) is 0 Å². The predicted octanol–water partition coefficient (Wildman–Crippen LogP) is 1.14. The van der Waals surface area contributed by atoms with Gasteiger partial charge in [-0.1, -0.05) is 6.07 Å². The number of hydrogen-bond donors (Lipinski definition) is 0. The minimum atomic E-state index is -2.82. The Bertz CT molecular complexity index is 657. The molecule has 0 saturated carbocycles. The fourth-order valence-electron chi connectivity index (χ4n) is 3.41. The van der Waals surface area contributed by atoms with Gasteiger partial charge in [-0.15, -0.1) is 0 Å². The van der Waals surface area contributed by atoms with Crippen LogP contribution in [0.25, 0.3) is 0 Å². The summed E-state index contributed by atoms with van der Waals surface area (Å²) in [4.78, 5) is 4.61. The van der Waals surface area contributed by atoms with E-state index >= 15 is 0 Å². The molecule has 2 aliphatic heterocycles. The number of halogens is 1. The summed E-state index contributed by atoms with van der Waals surface area (Å²) in [5.41, 5.74) is 1.03. The Morgan fingerprint density at radius 3 is 2.61 bits per heavy atom. The summed E-state index contributed by atoms with van der Waals surface area (Å²) in [7, 11) is -1.35. The molecule has 2 heterocycles. The molecule has 2 aliphatic rings. The molecule has 0 aromatic heterocycles. The van der Waals surface area contributed by atoms with Gasteiger partial charge in [-0.05, 0) is 24.1 Å². The molecule has 5 nitrogen and oxygen atoms in total. The maximum atomic E-state index is 13.4. The van der Waals surface area contributed by atoms with Crippen molar-refractivity contribution in [3.63, 3.8) is 0 Å². The molecule has 0 amide bonds. The summed E-state index contributed by atoms with van der Waals surface area (Å²) in [5, 5.41) is 0. The summed E-state index contributed by atoms with van der Waals surface area (Å²) < 4.78 is 41.7. The topological polar surface area (TPSA) is 49.9 Å². The van der Waals surface area contributed by atoms with Crippen LogP contribution in [0.15, 0.2) is 18.2 Å². The molecule has 7 heteroatoms. The van der Waals surface area contributed by atoms with Gasteiger partial charge in [0.15, 0.2) is 21.4 Å². The van der Waals surface area contributed by atoms with Crippen molar-refractivity contribution in [1.82, 2.24) is 9.80 Å². The lowest BCUT2D eigenvalue weighted by Crippen LogP contribution is -2.50. The number of hydrogen-bond acceptors (Lipinski definition) is 5. The summed E-state index contributed by atoms with van der Waals surface area (Å²) in [5.74, 6) is 0.566. The third-order valence-corrected chi connectivity index (χ3v) is 6.50. The van der Waals surface area contributed by atoms with Crippen LogP contribution in [0.5, 0.6) is 5.75 Å². The Morgan fingerprint density at radius 1 is 1.26 bits per heavy atom. The van der Waals surface area contributed by atoms with Crippen LogP contribution in [-0.2, 0) is 16.4 Å². The van der Waals surface area contributed by atoms with E-state index in [0.717, 1.165) is 44.7 Å². The molecule has 1 atom stereocenters. The van der Waals surface area contributed by atoms with Gasteiger partial charge in [-0.25, -0.2) is 12.8 Å². The lowest BCUT2D eigenvalue weighted by molar-refractivity contribution is 0.1000. The lowest BCUT2D eigenvalue weighted by Gasteiger charge is -2.37. The third-order valence-electron chi connectivity index (χ3n) is 4.75. The molecular weight excluding hydrogens is 319 g/mol. The molecule has 23 heavy (non-hydrogen) atoms. The molecule has 2 saturated heterocycles. The first-order valence-corrected chi connectivity index (χ1v) is 9.78. The van der Waals surface area contributed by atoms with Crippen molar-refractivity contribution in [2.24, 2.45) is 0 Å². The molecule has 128 valence electrons. The highest BCUT2D eigenvalue weighted by molar-refractivity contribution is 7.91. The van der Waals surface area contributed by atoms with Gasteiger partial charge in [0, 0.05) is 38.8 Å². The van der Waals surface area contributed by atoms with Crippen LogP contribution in [0, 0.1) is 5.82 Å². The second-order valence-electron chi connectivity index (χ2n) is 6.34. The highest BCUT2D eigenvalue weighted by Crippen LogP contribution is 2.22. The molecule has 1 aromatic carbocycles. The Labute approximate surface area is 136 Å². The van der Waals surface area contributed by atoms with Crippen molar-refractivity contribution in [3.05, 3.63) is 29.6 Å². The third kappa shape index (κ3) is 4.02. The minimum Gasteiger partial charge on any atom is -0.494 e. The van der Waals surface area contributed by atoms with Gasteiger partial charge in [-0.3, -0.25) is 9.80 Å². The molecule has 2 fully saturated rings. The number of rotatable bonds is 4.